The Morgan fingerprint density at radius 3 is 3.03 bits per heavy atom. The van der Waals surface area contributed by atoms with Crippen molar-refractivity contribution >= 4 is 33.4 Å². The van der Waals surface area contributed by atoms with Crippen LogP contribution in [0.1, 0.15) is 26.7 Å². The molecule has 0 radical (unpaired) electrons. The first-order chi connectivity index (χ1) is 15.0. The third-order valence-electron chi connectivity index (χ3n) is 5.57. The zero-order valence-electron chi connectivity index (χ0n) is 18.1. The lowest BCUT2D eigenvalue weighted by Crippen LogP contribution is -2.44. The SMILES string of the molecule is COc1cccc(-c2csc3c(=O)[nH]c(N4CCC[C@H](C(=O)NCC(C)C)C4)nc23)c1. The maximum atomic E-state index is 12.8. The number of carbonyl (C=O) groups is 1. The van der Waals surface area contributed by atoms with E-state index in [-0.39, 0.29) is 17.4 Å². The van der Waals surface area contributed by atoms with Gasteiger partial charge in [-0.05, 0) is 36.5 Å². The molecule has 0 spiro atoms. The van der Waals surface area contributed by atoms with Gasteiger partial charge in [0.15, 0.2) is 0 Å². The number of thiophene rings is 1. The van der Waals surface area contributed by atoms with Crippen LogP contribution in [-0.4, -0.2) is 42.6 Å². The minimum Gasteiger partial charge on any atom is -0.497 e. The third-order valence-corrected chi connectivity index (χ3v) is 6.54. The Bertz CT molecular complexity index is 1140. The van der Waals surface area contributed by atoms with Crippen molar-refractivity contribution in [1.29, 1.82) is 0 Å². The number of nitrogens with zero attached hydrogens (tertiary/aromatic N) is 2. The molecule has 31 heavy (non-hydrogen) atoms. The largest absolute Gasteiger partial charge is 0.497 e. The summed E-state index contributed by atoms with van der Waals surface area (Å²) >= 11 is 1.39. The number of benzene rings is 1. The molecule has 0 bridgehead atoms. The van der Waals surface area contributed by atoms with Crippen LogP contribution < -0.4 is 20.5 Å². The van der Waals surface area contributed by atoms with Crippen LogP contribution in [0, 0.1) is 11.8 Å². The molecule has 2 aromatic heterocycles. The van der Waals surface area contributed by atoms with Crippen LogP contribution >= 0.6 is 11.3 Å². The number of aromatic amines is 1. The number of aromatic nitrogens is 2. The number of H-pyrrole nitrogens is 1. The molecular formula is C23H28N4O3S. The lowest BCUT2D eigenvalue weighted by Gasteiger charge is -2.32. The lowest BCUT2D eigenvalue weighted by molar-refractivity contribution is -0.125. The number of ether oxygens (including phenoxy) is 1. The van der Waals surface area contributed by atoms with Gasteiger partial charge < -0.3 is 15.0 Å². The Morgan fingerprint density at radius 2 is 2.26 bits per heavy atom. The van der Waals surface area contributed by atoms with E-state index in [0.29, 0.717) is 35.2 Å². The number of carbonyl (C=O) groups excluding carboxylic acids is 1. The molecule has 2 N–H and O–H groups in total. The van der Waals surface area contributed by atoms with Gasteiger partial charge in [0, 0.05) is 30.6 Å². The van der Waals surface area contributed by atoms with Crippen LogP contribution in [0.4, 0.5) is 5.95 Å². The first kappa shape index (κ1) is 21.4. The summed E-state index contributed by atoms with van der Waals surface area (Å²) in [6.45, 7) is 6.16. The fourth-order valence-corrected chi connectivity index (χ4v) is 4.80. The molecule has 1 saturated heterocycles. The molecule has 1 aromatic carbocycles. The highest BCUT2D eigenvalue weighted by molar-refractivity contribution is 7.17. The summed E-state index contributed by atoms with van der Waals surface area (Å²) in [5.74, 6) is 1.68. The number of nitrogens with one attached hydrogen (secondary N) is 2. The van der Waals surface area contributed by atoms with E-state index in [1.807, 2.05) is 34.5 Å². The van der Waals surface area contributed by atoms with Crippen molar-refractivity contribution in [3.05, 3.63) is 40.0 Å². The minimum absolute atomic E-state index is 0.0782. The molecule has 1 fully saturated rings. The van der Waals surface area contributed by atoms with Crippen molar-refractivity contribution in [2.24, 2.45) is 11.8 Å². The summed E-state index contributed by atoms with van der Waals surface area (Å²) in [6.07, 6.45) is 1.73. The topological polar surface area (TPSA) is 87.3 Å². The van der Waals surface area contributed by atoms with Gasteiger partial charge in [0.1, 0.15) is 10.4 Å². The first-order valence-electron chi connectivity index (χ1n) is 10.6. The fraction of sp³-hybridized carbons (Fsp3) is 0.435. The van der Waals surface area contributed by atoms with Crippen LogP contribution in [0.15, 0.2) is 34.4 Å². The summed E-state index contributed by atoms with van der Waals surface area (Å²) in [4.78, 5) is 35.1. The van der Waals surface area contributed by atoms with E-state index in [1.165, 1.54) is 11.3 Å². The highest BCUT2D eigenvalue weighted by Crippen LogP contribution is 2.33. The summed E-state index contributed by atoms with van der Waals surface area (Å²) < 4.78 is 5.95. The van der Waals surface area contributed by atoms with Gasteiger partial charge in [0.2, 0.25) is 11.9 Å². The second kappa shape index (κ2) is 9.09. The average Bonchev–Trinajstić information content (AvgIpc) is 3.22. The van der Waals surface area contributed by atoms with E-state index in [2.05, 4.69) is 24.1 Å². The summed E-state index contributed by atoms with van der Waals surface area (Å²) in [5.41, 5.74) is 2.41. The number of fused-ring (bicyclic) bond motifs is 1. The van der Waals surface area contributed by atoms with Gasteiger partial charge in [-0.3, -0.25) is 14.6 Å². The lowest BCUT2D eigenvalue weighted by atomic mass is 9.97. The number of amides is 1. The highest BCUT2D eigenvalue weighted by Gasteiger charge is 2.27. The van der Waals surface area contributed by atoms with Gasteiger partial charge in [0.05, 0.1) is 18.5 Å². The van der Waals surface area contributed by atoms with Gasteiger partial charge in [-0.1, -0.05) is 26.0 Å². The average molecular weight is 441 g/mol. The van der Waals surface area contributed by atoms with E-state index in [1.54, 1.807) is 7.11 Å². The molecule has 0 aliphatic carbocycles. The molecule has 1 aliphatic rings. The number of anilines is 1. The van der Waals surface area contributed by atoms with Crippen LogP contribution in [0.3, 0.4) is 0 Å². The molecule has 4 rings (SSSR count). The second-order valence-electron chi connectivity index (χ2n) is 8.37. The molecule has 3 heterocycles. The zero-order chi connectivity index (χ0) is 22.0. The molecule has 1 amide bonds. The van der Waals surface area contributed by atoms with Crippen LogP contribution in [0.25, 0.3) is 21.3 Å². The predicted molar refractivity (Wildman–Crippen MR) is 125 cm³/mol. The van der Waals surface area contributed by atoms with Gasteiger partial charge >= 0.3 is 0 Å². The Balaban J connectivity index is 1.64. The number of rotatable bonds is 6. The molecule has 3 aromatic rings. The predicted octanol–water partition coefficient (Wildman–Crippen LogP) is 3.65. The number of hydrogen-bond acceptors (Lipinski definition) is 6. The van der Waals surface area contributed by atoms with E-state index in [4.69, 9.17) is 9.72 Å². The molecule has 0 unspecified atom stereocenters. The Kier molecular flexibility index (Phi) is 6.27. The second-order valence-corrected chi connectivity index (χ2v) is 9.25. The quantitative estimate of drug-likeness (QED) is 0.611. The smallest absolute Gasteiger partial charge is 0.270 e. The Labute approximate surface area is 185 Å². The van der Waals surface area contributed by atoms with Gasteiger partial charge in [0.25, 0.3) is 5.56 Å². The summed E-state index contributed by atoms with van der Waals surface area (Å²) in [6, 6.07) is 7.75. The Hall–Kier alpha value is -2.87. The van der Waals surface area contributed by atoms with E-state index >= 15 is 0 Å². The van der Waals surface area contributed by atoms with Crippen molar-refractivity contribution < 1.29 is 9.53 Å². The molecule has 1 atom stereocenters. The summed E-state index contributed by atoms with van der Waals surface area (Å²) in [5, 5.41) is 5.00. The van der Waals surface area contributed by atoms with Crippen LogP contribution in [0.2, 0.25) is 0 Å². The Morgan fingerprint density at radius 1 is 1.42 bits per heavy atom. The van der Waals surface area contributed by atoms with Gasteiger partial charge in [-0.2, -0.15) is 0 Å². The number of piperidine rings is 1. The molecule has 7 nitrogen and oxygen atoms in total. The number of hydrogen-bond donors (Lipinski definition) is 2. The maximum absolute atomic E-state index is 12.8. The van der Waals surface area contributed by atoms with Crippen molar-refractivity contribution in [2.75, 3.05) is 31.6 Å². The molecule has 164 valence electrons. The minimum atomic E-state index is -0.148. The van der Waals surface area contributed by atoms with Crippen molar-refractivity contribution in [3.63, 3.8) is 0 Å². The van der Waals surface area contributed by atoms with Gasteiger partial charge in [-0.15, -0.1) is 11.3 Å². The van der Waals surface area contributed by atoms with Crippen LogP contribution in [-0.2, 0) is 4.79 Å². The number of methoxy groups -OCH3 is 1. The highest BCUT2D eigenvalue weighted by atomic mass is 32.1. The van der Waals surface area contributed by atoms with Crippen molar-refractivity contribution in [3.8, 4) is 16.9 Å². The molecule has 0 saturated carbocycles. The van der Waals surface area contributed by atoms with E-state index in [9.17, 15) is 9.59 Å². The zero-order valence-corrected chi connectivity index (χ0v) is 18.9. The van der Waals surface area contributed by atoms with Crippen LogP contribution in [0.5, 0.6) is 5.75 Å². The normalized spacial score (nSPS) is 16.6. The first-order valence-corrected chi connectivity index (χ1v) is 11.5. The monoisotopic (exact) mass is 440 g/mol. The summed E-state index contributed by atoms with van der Waals surface area (Å²) in [7, 11) is 1.63. The standard InChI is InChI=1S/C23H28N4O3S/c1-14(2)11-24-21(28)16-7-5-9-27(12-16)23-25-19-18(13-31-20(19)22(29)26-23)15-6-4-8-17(10-15)30-3/h4,6,8,10,13-14,16H,5,7,9,11-12H2,1-3H3,(H,24,28)(H,25,26,29)/t16-/m0/s1. The molecular weight excluding hydrogens is 412 g/mol. The van der Waals surface area contributed by atoms with Gasteiger partial charge in [-0.25, -0.2) is 4.98 Å². The third kappa shape index (κ3) is 4.58. The van der Waals surface area contributed by atoms with E-state index < -0.39 is 0 Å². The van der Waals surface area contributed by atoms with E-state index in [0.717, 1.165) is 36.3 Å². The fourth-order valence-electron chi connectivity index (χ4n) is 3.89. The van der Waals surface area contributed by atoms with Crippen molar-refractivity contribution in [1.82, 2.24) is 15.3 Å². The maximum Gasteiger partial charge on any atom is 0.270 e. The van der Waals surface area contributed by atoms with Crippen molar-refractivity contribution in [2.45, 2.75) is 26.7 Å². The molecule has 8 heteroatoms. The molecule has 1 aliphatic heterocycles.